The molecule has 0 unspecified atom stereocenters. The van der Waals surface area contributed by atoms with Crippen molar-refractivity contribution in [2.24, 2.45) is 0 Å². The van der Waals surface area contributed by atoms with Crippen molar-refractivity contribution >= 4 is 28.4 Å². The lowest BCUT2D eigenvalue weighted by Crippen LogP contribution is -2.14. The van der Waals surface area contributed by atoms with Gasteiger partial charge >= 0.3 is 0 Å². The quantitative estimate of drug-likeness (QED) is 0.502. The van der Waals surface area contributed by atoms with Crippen molar-refractivity contribution in [2.45, 2.75) is 32.6 Å². The standard InChI is InChI=1S/C25H25N5O2/c1-15-12-16(6-11-21(15)32-2)13-22(31)29-17-7-9-18(10-8-17)30-20-5-3-4-19(20)23-24(30)25(26)28-14-27-23/h6-12,14H,3-5,13H2,1-2H3,(H,29,31)(H2,26,27,28). The third kappa shape index (κ3) is 3.45. The minimum absolute atomic E-state index is 0.0627. The Bertz CT molecular complexity index is 1320. The van der Waals surface area contributed by atoms with Gasteiger partial charge in [-0.15, -0.1) is 0 Å². The molecule has 162 valence electrons. The second kappa shape index (κ2) is 8.00. The zero-order chi connectivity index (χ0) is 22.2. The second-order valence-corrected chi connectivity index (χ2v) is 8.15. The average Bonchev–Trinajstić information content (AvgIpc) is 3.36. The Morgan fingerprint density at radius 3 is 2.72 bits per heavy atom. The maximum atomic E-state index is 12.6. The molecular formula is C25H25N5O2. The van der Waals surface area contributed by atoms with Gasteiger partial charge in [0.05, 0.1) is 19.0 Å². The minimum Gasteiger partial charge on any atom is -0.496 e. The Kier molecular flexibility index (Phi) is 5.01. The van der Waals surface area contributed by atoms with Gasteiger partial charge in [0, 0.05) is 17.1 Å². The highest BCUT2D eigenvalue weighted by Gasteiger charge is 2.25. The van der Waals surface area contributed by atoms with Crippen molar-refractivity contribution in [1.29, 1.82) is 0 Å². The molecule has 1 aliphatic rings. The van der Waals surface area contributed by atoms with E-state index in [2.05, 4.69) is 19.9 Å². The smallest absolute Gasteiger partial charge is 0.228 e. The van der Waals surface area contributed by atoms with Gasteiger partial charge in [-0.25, -0.2) is 9.97 Å². The van der Waals surface area contributed by atoms with Crippen LogP contribution in [0.15, 0.2) is 48.8 Å². The summed E-state index contributed by atoms with van der Waals surface area (Å²) in [6, 6.07) is 13.6. The molecule has 0 saturated carbocycles. The van der Waals surface area contributed by atoms with Gasteiger partial charge < -0.3 is 20.4 Å². The molecular weight excluding hydrogens is 402 g/mol. The molecule has 0 fully saturated rings. The molecule has 2 heterocycles. The number of anilines is 2. The number of nitrogens with one attached hydrogen (secondary N) is 1. The van der Waals surface area contributed by atoms with E-state index in [9.17, 15) is 4.79 Å². The van der Waals surface area contributed by atoms with Crippen LogP contribution in [-0.2, 0) is 24.1 Å². The number of hydrogen-bond donors (Lipinski definition) is 2. The van der Waals surface area contributed by atoms with E-state index in [0.717, 1.165) is 58.5 Å². The SMILES string of the molecule is COc1ccc(CC(=O)Nc2ccc(-n3c4c(c5ncnc(N)c53)CCC4)cc2)cc1C. The van der Waals surface area contributed by atoms with E-state index in [-0.39, 0.29) is 5.91 Å². The van der Waals surface area contributed by atoms with Gasteiger partial charge in [-0.2, -0.15) is 0 Å². The predicted octanol–water partition coefficient (Wildman–Crippen LogP) is 3.99. The topological polar surface area (TPSA) is 95.1 Å². The van der Waals surface area contributed by atoms with Crippen molar-refractivity contribution in [3.63, 3.8) is 0 Å². The van der Waals surface area contributed by atoms with E-state index in [1.54, 1.807) is 7.11 Å². The minimum atomic E-state index is -0.0627. The van der Waals surface area contributed by atoms with Crippen molar-refractivity contribution in [3.8, 4) is 11.4 Å². The molecule has 0 aliphatic heterocycles. The Morgan fingerprint density at radius 1 is 1.16 bits per heavy atom. The molecule has 5 rings (SSSR count). The second-order valence-electron chi connectivity index (χ2n) is 8.15. The molecule has 2 aromatic heterocycles. The van der Waals surface area contributed by atoms with Gasteiger partial charge in [0.15, 0.2) is 5.82 Å². The number of carbonyl (C=O) groups excluding carboxylic acids is 1. The van der Waals surface area contributed by atoms with Crippen LogP contribution in [0, 0.1) is 6.92 Å². The first kappa shape index (κ1) is 20.1. The lowest BCUT2D eigenvalue weighted by molar-refractivity contribution is -0.115. The number of amides is 1. The number of fused-ring (bicyclic) bond motifs is 3. The number of nitrogens with two attached hydrogens (primary N) is 1. The zero-order valence-corrected chi connectivity index (χ0v) is 18.2. The highest BCUT2D eigenvalue weighted by atomic mass is 16.5. The summed E-state index contributed by atoms with van der Waals surface area (Å²) in [6.45, 7) is 1.97. The first-order valence-electron chi connectivity index (χ1n) is 10.7. The third-order valence-electron chi connectivity index (χ3n) is 6.05. The zero-order valence-electron chi connectivity index (χ0n) is 18.2. The average molecular weight is 428 g/mol. The molecule has 1 amide bonds. The Balaban J connectivity index is 1.38. The number of carbonyl (C=O) groups is 1. The van der Waals surface area contributed by atoms with Crippen molar-refractivity contribution in [3.05, 3.63) is 71.2 Å². The maximum Gasteiger partial charge on any atom is 0.228 e. The molecule has 32 heavy (non-hydrogen) atoms. The maximum absolute atomic E-state index is 12.6. The number of aryl methyl sites for hydroxylation is 2. The highest BCUT2D eigenvalue weighted by Crippen LogP contribution is 2.36. The van der Waals surface area contributed by atoms with E-state index in [0.29, 0.717) is 12.2 Å². The third-order valence-corrected chi connectivity index (χ3v) is 6.05. The van der Waals surface area contributed by atoms with Crippen LogP contribution in [0.5, 0.6) is 5.75 Å². The molecule has 0 radical (unpaired) electrons. The summed E-state index contributed by atoms with van der Waals surface area (Å²) >= 11 is 0. The molecule has 2 aromatic carbocycles. The predicted molar refractivity (Wildman–Crippen MR) is 125 cm³/mol. The largest absolute Gasteiger partial charge is 0.496 e. The number of hydrogen-bond acceptors (Lipinski definition) is 5. The van der Waals surface area contributed by atoms with Crippen LogP contribution in [-0.4, -0.2) is 27.6 Å². The summed E-state index contributed by atoms with van der Waals surface area (Å²) in [5, 5.41) is 2.98. The van der Waals surface area contributed by atoms with Gasteiger partial charge in [-0.05, 0) is 73.2 Å². The van der Waals surface area contributed by atoms with Crippen LogP contribution in [0.3, 0.4) is 0 Å². The fourth-order valence-electron chi connectivity index (χ4n) is 4.62. The van der Waals surface area contributed by atoms with Crippen LogP contribution >= 0.6 is 0 Å². The molecule has 0 saturated heterocycles. The van der Waals surface area contributed by atoms with Gasteiger partial charge in [0.1, 0.15) is 17.6 Å². The number of methoxy groups -OCH3 is 1. The molecule has 4 aromatic rings. The first-order chi connectivity index (χ1) is 15.5. The van der Waals surface area contributed by atoms with Crippen molar-refractivity contribution in [1.82, 2.24) is 14.5 Å². The van der Waals surface area contributed by atoms with E-state index in [1.807, 2.05) is 49.4 Å². The lowest BCUT2D eigenvalue weighted by Gasteiger charge is -2.12. The fourth-order valence-corrected chi connectivity index (χ4v) is 4.62. The number of nitrogen functional groups attached to an aromatic ring is 1. The summed E-state index contributed by atoms with van der Waals surface area (Å²) in [5.41, 5.74) is 14.2. The fraction of sp³-hybridized carbons (Fsp3) is 0.240. The van der Waals surface area contributed by atoms with Crippen molar-refractivity contribution in [2.75, 3.05) is 18.2 Å². The van der Waals surface area contributed by atoms with Crippen molar-refractivity contribution < 1.29 is 9.53 Å². The molecule has 0 bridgehead atoms. The molecule has 3 N–H and O–H groups in total. The summed E-state index contributed by atoms with van der Waals surface area (Å²) in [6.07, 6.45) is 4.95. The first-order valence-corrected chi connectivity index (χ1v) is 10.7. The number of nitrogens with zero attached hydrogens (tertiary/aromatic N) is 3. The molecule has 0 spiro atoms. The normalized spacial score (nSPS) is 12.7. The van der Waals surface area contributed by atoms with Crippen LogP contribution in [0.2, 0.25) is 0 Å². The van der Waals surface area contributed by atoms with E-state index >= 15 is 0 Å². The number of rotatable bonds is 5. The molecule has 7 heteroatoms. The number of benzene rings is 2. The highest BCUT2D eigenvalue weighted by molar-refractivity contribution is 5.93. The van der Waals surface area contributed by atoms with Gasteiger partial charge in [0.2, 0.25) is 5.91 Å². The van der Waals surface area contributed by atoms with Gasteiger partial charge in [0.25, 0.3) is 0 Å². The van der Waals surface area contributed by atoms with Gasteiger partial charge in [-0.1, -0.05) is 12.1 Å². The Labute approximate surface area is 186 Å². The monoisotopic (exact) mass is 427 g/mol. The molecule has 1 aliphatic carbocycles. The van der Waals surface area contributed by atoms with Crippen LogP contribution in [0.25, 0.3) is 16.7 Å². The van der Waals surface area contributed by atoms with E-state index < -0.39 is 0 Å². The Morgan fingerprint density at radius 2 is 1.97 bits per heavy atom. The summed E-state index contributed by atoms with van der Waals surface area (Å²) in [4.78, 5) is 21.3. The van der Waals surface area contributed by atoms with E-state index in [1.165, 1.54) is 17.6 Å². The van der Waals surface area contributed by atoms with E-state index in [4.69, 9.17) is 10.5 Å². The number of aromatic nitrogens is 3. The van der Waals surface area contributed by atoms with Crippen LogP contribution in [0.4, 0.5) is 11.5 Å². The van der Waals surface area contributed by atoms with Gasteiger partial charge in [-0.3, -0.25) is 4.79 Å². The number of ether oxygens (including phenoxy) is 1. The molecule has 0 atom stereocenters. The Hall–Kier alpha value is -3.87. The summed E-state index contributed by atoms with van der Waals surface area (Å²) in [5.74, 6) is 1.24. The molecule has 7 nitrogen and oxygen atoms in total. The summed E-state index contributed by atoms with van der Waals surface area (Å²) in [7, 11) is 1.64. The van der Waals surface area contributed by atoms with Crippen LogP contribution < -0.4 is 15.8 Å². The van der Waals surface area contributed by atoms with Crippen LogP contribution in [0.1, 0.15) is 28.8 Å². The lowest BCUT2D eigenvalue weighted by atomic mass is 10.1. The summed E-state index contributed by atoms with van der Waals surface area (Å²) < 4.78 is 7.45.